The highest BCUT2D eigenvalue weighted by Crippen LogP contribution is 1.88. The second kappa shape index (κ2) is 6.45. The SMILES string of the molecule is O=C(O)[C@H](CS)NCCCO. The molecule has 0 heterocycles. The van der Waals surface area contributed by atoms with Crippen LogP contribution >= 0.6 is 12.6 Å². The first-order valence-corrected chi connectivity index (χ1v) is 4.03. The highest BCUT2D eigenvalue weighted by molar-refractivity contribution is 7.80. The van der Waals surface area contributed by atoms with Gasteiger partial charge in [0.25, 0.3) is 0 Å². The minimum atomic E-state index is -0.905. The second-order valence-electron chi connectivity index (χ2n) is 2.10. The minimum absolute atomic E-state index is 0.0753. The summed E-state index contributed by atoms with van der Waals surface area (Å²) >= 11 is 3.85. The van der Waals surface area contributed by atoms with Crippen LogP contribution in [-0.4, -0.2) is 41.1 Å². The number of nitrogens with one attached hydrogen (secondary N) is 1. The van der Waals surface area contributed by atoms with Crippen molar-refractivity contribution in [2.45, 2.75) is 12.5 Å². The Morgan fingerprint density at radius 3 is 2.64 bits per heavy atom. The van der Waals surface area contributed by atoms with E-state index in [1.807, 2.05) is 0 Å². The molecule has 0 bridgehead atoms. The molecule has 0 aliphatic carbocycles. The summed E-state index contributed by atoms with van der Waals surface area (Å²) in [4.78, 5) is 10.4. The van der Waals surface area contributed by atoms with Crippen molar-refractivity contribution in [1.82, 2.24) is 5.32 Å². The number of hydrogen-bond donors (Lipinski definition) is 4. The number of thiol groups is 1. The van der Waals surface area contributed by atoms with E-state index in [9.17, 15) is 4.79 Å². The lowest BCUT2D eigenvalue weighted by Gasteiger charge is -2.10. The zero-order valence-electron chi connectivity index (χ0n) is 6.16. The Kier molecular flexibility index (Phi) is 6.30. The van der Waals surface area contributed by atoms with Crippen molar-refractivity contribution in [3.05, 3.63) is 0 Å². The van der Waals surface area contributed by atoms with Gasteiger partial charge in [-0.15, -0.1) is 0 Å². The molecule has 0 unspecified atom stereocenters. The van der Waals surface area contributed by atoms with Crippen molar-refractivity contribution >= 4 is 18.6 Å². The standard InChI is InChI=1S/C6H13NO3S/c8-3-1-2-7-5(4-11)6(9)10/h5,7-8,11H,1-4H2,(H,9,10)/t5-/m0/s1. The Hall–Kier alpha value is -0.260. The molecule has 0 saturated carbocycles. The summed E-state index contributed by atoms with van der Waals surface area (Å²) in [5, 5.41) is 19.6. The average Bonchev–Trinajstić information content (AvgIpc) is 1.97. The molecule has 0 aromatic rings. The number of hydrogen-bond acceptors (Lipinski definition) is 4. The second-order valence-corrected chi connectivity index (χ2v) is 2.47. The molecule has 5 heteroatoms. The Bertz CT molecular complexity index is 120. The van der Waals surface area contributed by atoms with Crippen LogP contribution in [0.5, 0.6) is 0 Å². The zero-order chi connectivity index (χ0) is 8.69. The molecule has 1 atom stereocenters. The third-order valence-electron chi connectivity index (χ3n) is 1.21. The molecule has 66 valence electrons. The normalized spacial score (nSPS) is 12.9. The smallest absolute Gasteiger partial charge is 0.321 e. The first kappa shape index (κ1) is 10.7. The molecule has 0 spiro atoms. The first-order valence-electron chi connectivity index (χ1n) is 3.40. The molecule has 4 nitrogen and oxygen atoms in total. The van der Waals surface area contributed by atoms with Gasteiger partial charge in [-0.2, -0.15) is 12.6 Å². The van der Waals surface area contributed by atoms with Crippen LogP contribution in [0.4, 0.5) is 0 Å². The zero-order valence-corrected chi connectivity index (χ0v) is 7.05. The Balaban J connectivity index is 3.44. The molecule has 11 heavy (non-hydrogen) atoms. The van der Waals surface area contributed by atoms with E-state index >= 15 is 0 Å². The largest absolute Gasteiger partial charge is 0.480 e. The van der Waals surface area contributed by atoms with Crippen molar-refractivity contribution in [3.63, 3.8) is 0 Å². The summed E-state index contributed by atoms with van der Waals surface area (Å²) in [7, 11) is 0. The Morgan fingerprint density at radius 2 is 2.27 bits per heavy atom. The van der Waals surface area contributed by atoms with Gasteiger partial charge in [-0.25, -0.2) is 0 Å². The van der Waals surface area contributed by atoms with Crippen LogP contribution in [0.2, 0.25) is 0 Å². The van der Waals surface area contributed by atoms with Gasteiger partial charge in [-0.1, -0.05) is 0 Å². The maximum Gasteiger partial charge on any atom is 0.321 e. The van der Waals surface area contributed by atoms with Gasteiger partial charge in [0.05, 0.1) is 0 Å². The van der Waals surface area contributed by atoms with E-state index < -0.39 is 12.0 Å². The van der Waals surface area contributed by atoms with E-state index in [4.69, 9.17) is 10.2 Å². The Labute approximate surface area is 71.0 Å². The van der Waals surface area contributed by atoms with Gasteiger partial charge in [0, 0.05) is 12.4 Å². The fourth-order valence-corrected chi connectivity index (χ4v) is 0.871. The fraction of sp³-hybridized carbons (Fsp3) is 0.833. The van der Waals surface area contributed by atoms with E-state index in [-0.39, 0.29) is 12.4 Å². The van der Waals surface area contributed by atoms with Gasteiger partial charge in [-0.3, -0.25) is 4.79 Å². The average molecular weight is 179 g/mol. The van der Waals surface area contributed by atoms with E-state index in [0.717, 1.165) is 0 Å². The van der Waals surface area contributed by atoms with Crippen molar-refractivity contribution in [1.29, 1.82) is 0 Å². The number of carboxylic acids is 1. The molecular weight excluding hydrogens is 166 g/mol. The van der Waals surface area contributed by atoms with E-state index in [0.29, 0.717) is 13.0 Å². The summed E-state index contributed by atoms with van der Waals surface area (Å²) in [6.45, 7) is 0.583. The van der Waals surface area contributed by atoms with Crippen molar-refractivity contribution in [3.8, 4) is 0 Å². The number of rotatable bonds is 6. The van der Waals surface area contributed by atoms with Gasteiger partial charge in [0.1, 0.15) is 6.04 Å². The number of carbonyl (C=O) groups is 1. The van der Waals surface area contributed by atoms with Crippen LogP contribution in [0.3, 0.4) is 0 Å². The van der Waals surface area contributed by atoms with Gasteiger partial charge in [0.15, 0.2) is 0 Å². The lowest BCUT2D eigenvalue weighted by molar-refractivity contribution is -0.138. The quantitative estimate of drug-likeness (QED) is 0.323. The molecule has 0 fully saturated rings. The highest BCUT2D eigenvalue weighted by atomic mass is 32.1. The molecular formula is C6H13NO3S. The predicted molar refractivity (Wildman–Crippen MR) is 45.0 cm³/mol. The molecule has 0 aliphatic heterocycles. The molecule has 3 N–H and O–H groups in total. The van der Waals surface area contributed by atoms with Crippen molar-refractivity contribution < 1.29 is 15.0 Å². The molecule has 0 aliphatic rings. The van der Waals surface area contributed by atoms with E-state index in [2.05, 4.69) is 17.9 Å². The molecule has 0 aromatic heterocycles. The first-order chi connectivity index (χ1) is 5.22. The monoisotopic (exact) mass is 179 g/mol. The van der Waals surface area contributed by atoms with Crippen LogP contribution < -0.4 is 5.32 Å². The number of aliphatic hydroxyl groups is 1. The number of aliphatic carboxylic acids is 1. The van der Waals surface area contributed by atoms with Crippen LogP contribution in [0.25, 0.3) is 0 Å². The van der Waals surface area contributed by atoms with E-state index in [1.165, 1.54) is 0 Å². The van der Waals surface area contributed by atoms with Crippen LogP contribution in [0, 0.1) is 0 Å². The topological polar surface area (TPSA) is 69.6 Å². The van der Waals surface area contributed by atoms with Gasteiger partial charge < -0.3 is 15.5 Å². The molecule has 0 aromatic carbocycles. The predicted octanol–water partition coefficient (Wildman–Crippen LogP) is -0.659. The third kappa shape index (κ3) is 5.06. The molecule has 0 saturated heterocycles. The summed E-state index contributed by atoms with van der Waals surface area (Å²) < 4.78 is 0. The molecule has 0 rings (SSSR count). The Morgan fingerprint density at radius 1 is 1.64 bits per heavy atom. The van der Waals surface area contributed by atoms with E-state index in [1.54, 1.807) is 0 Å². The molecule has 0 amide bonds. The lowest BCUT2D eigenvalue weighted by Crippen LogP contribution is -2.38. The lowest BCUT2D eigenvalue weighted by atomic mass is 10.3. The summed E-state index contributed by atoms with van der Waals surface area (Å²) in [5.74, 6) is -0.640. The van der Waals surface area contributed by atoms with Crippen LogP contribution in [0.1, 0.15) is 6.42 Å². The maximum atomic E-state index is 10.4. The van der Waals surface area contributed by atoms with Crippen molar-refractivity contribution in [2.75, 3.05) is 18.9 Å². The minimum Gasteiger partial charge on any atom is -0.480 e. The summed E-state index contributed by atoms with van der Waals surface area (Å²) in [6, 6.07) is -0.607. The fourth-order valence-electron chi connectivity index (χ4n) is 0.585. The van der Waals surface area contributed by atoms with Gasteiger partial charge in [-0.05, 0) is 13.0 Å². The van der Waals surface area contributed by atoms with Gasteiger partial charge >= 0.3 is 5.97 Å². The van der Waals surface area contributed by atoms with Crippen molar-refractivity contribution in [2.24, 2.45) is 0 Å². The van der Waals surface area contributed by atoms with Crippen LogP contribution in [-0.2, 0) is 4.79 Å². The summed E-state index contributed by atoms with van der Waals surface area (Å²) in [6.07, 6.45) is 0.567. The van der Waals surface area contributed by atoms with Crippen LogP contribution in [0.15, 0.2) is 0 Å². The van der Waals surface area contributed by atoms with Gasteiger partial charge in [0.2, 0.25) is 0 Å². The number of carboxylic acid groups (broad SMARTS) is 1. The maximum absolute atomic E-state index is 10.4. The summed E-state index contributed by atoms with van der Waals surface area (Å²) in [5.41, 5.74) is 0. The third-order valence-corrected chi connectivity index (χ3v) is 1.57. The molecule has 0 radical (unpaired) electrons. The highest BCUT2D eigenvalue weighted by Gasteiger charge is 2.12. The number of aliphatic hydroxyl groups excluding tert-OH is 1.